The first kappa shape index (κ1) is 12.9. The fourth-order valence-electron chi connectivity index (χ4n) is 1.09. The fraction of sp³-hybridized carbons (Fsp3) is 0.455. The van der Waals surface area contributed by atoms with Gasteiger partial charge in [0.15, 0.2) is 0 Å². The Morgan fingerprint density at radius 3 is 2.73 bits per heavy atom. The van der Waals surface area contributed by atoms with Gasteiger partial charge in [0, 0.05) is 10.2 Å². The molecular formula is C11H15BrO2S. The van der Waals surface area contributed by atoms with E-state index < -0.39 is 0 Å². The van der Waals surface area contributed by atoms with Crippen molar-refractivity contribution < 1.29 is 9.47 Å². The van der Waals surface area contributed by atoms with Crippen molar-refractivity contribution in [2.75, 3.05) is 25.6 Å². The molecule has 84 valence electrons. The van der Waals surface area contributed by atoms with Gasteiger partial charge in [-0.05, 0) is 30.7 Å². The van der Waals surface area contributed by atoms with Crippen LogP contribution >= 0.6 is 28.6 Å². The van der Waals surface area contributed by atoms with Crippen LogP contribution in [0.3, 0.4) is 0 Å². The SMILES string of the molecule is Cc1cc(OCCOCCS)ccc1Br. The summed E-state index contributed by atoms with van der Waals surface area (Å²) < 4.78 is 11.9. The second-order valence-corrected chi connectivity index (χ2v) is 4.40. The maximum Gasteiger partial charge on any atom is 0.119 e. The van der Waals surface area contributed by atoms with E-state index in [0.29, 0.717) is 19.8 Å². The van der Waals surface area contributed by atoms with Crippen molar-refractivity contribution in [2.24, 2.45) is 0 Å². The van der Waals surface area contributed by atoms with Crippen molar-refractivity contribution >= 4 is 28.6 Å². The first-order chi connectivity index (χ1) is 7.24. The molecule has 0 aromatic heterocycles. The zero-order valence-corrected chi connectivity index (χ0v) is 11.2. The van der Waals surface area contributed by atoms with Crippen molar-refractivity contribution in [3.63, 3.8) is 0 Å². The van der Waals surface area contributed by atoms with Crippen molar-refractivity contribution in [1.29, 1.82) is 0 Å². The minimum absolute atomic E-state index is 0.578. The van der Waals surface area contributed by atoms with Crippen LogP contribution in [-0.4, -0.2) is 25.6 Å². The monoisotopic (exact) mass is 290 g/mol. The van der Waals surface area contributed by atoms with Gasteiger partial charge in [-0.25, -0.2) is 0 Å². The van der Waals surface area contributed by atoms with Crippen LogP contribution in [0.25, 0.3) is 0 Å². The van der Waals surface area contributed by atoms with Crippen LogP contribution < -0.4 is 4.74 Å². The van der Waals surface area contributed by atoms with Gasteiger partial charge in [0.05, 0.1) is 13.2 Å². The van der Waals surface area contributed by atoms with Gasteiger partial charge < -0.3 is 9.47 Å². The van der Waals surface area contributed by atoms with Crippen LogP contribution in [0.1, 0.15) is 5.56 Å². The van der Waals surface area contributed by atoms with Crippen LogP contribution in [0.5, 0.6) is 5.75 Å². The smallest absolute Gasteiger partial charge is 0.119 e. The Balaban J connectivity index is 2.28. The third-order valence-electron chi connectivity index (χ3n) is 1.86. The van der Waals surface area contributed by atoms with Gasteiger partial charge in [-0.3, -0.25) is 0 Å². The van der Waals surface area contributed by atoms with Gasteiger partial charge in [0.2, 0.25) is 0 Å². The molecule has 0 heterocycles. The van der Waals surface area contributed by atoms with E-state index in [1.54, 1.807) is 0 Å². The van der Waals surface area contributed by atoms with E-state index in [4.69, 9.17) is 9.47 Å². The maximum atomic E-state index is 5.52. The Hall–Kier alpha value is -0.190. The Labute approximate surface area is 105 Å². The highest BCUT2D eigenvalue weighted by Crippen LogP contribution is 2.21. The molecule has 0 fully saturated rings. The summed E-state index contributed by atoms with van der Waals surface area (Å²) in [6.45, 7) is 3.89. The highest BCUT2D eigenvalue weighted by Gasteiger charge is 1.97. The van der Waals surface area contributed by atoms with Gasteiger partial charge in [-0.2, -0.15) is 12.6 Å². The number of halogens is 1. The van der Waals surface area contributed by atoms with Crippen molar-refractivity contribution in [3.05, 3.63) is 28.2 Å². The standard InChI is InChI=1S/C11H15BrO2S/c1-9-8-10(2-3-11(9)12)14-5-4-13-6-7-15/h2-3,8,15H,4-7H2,1H3. The Morgan fingerprint density at radius 1 is 1.27 bits per heavy atom. The lowest BCUT2D eigenvalue weighted by Crippen LogP contribution is -2.08. The van der Waals surface area contributed by atoms with Crippen LogP contribution in [0.2, 0.25) is 0 Å². The summed E-state index contributed by atoms with van der Waals surface area (Å²) in [7, 11) is 0. The first-order valence-electron chi connectivity index (χ1n) is 4.81. The lowest BCUT2D eigenvalue weighted by atomic mass is 10.2. The number of hydrogen-bond donors (Lipinski definition) is 1. The molecule has 0 aliphatic carbocycles. The average Bonchev–Trinajstić information content (AvgIpc) is 2.23. The summed E-state index contributed by atoms with van der Waals surface area (Å²) in [6, 6.07) is 5.93. The molecule has 15 heavy (non-hydrogen) atoms. The molecule has 0 atom stereocenters. The molecule has 4 heteroatoms. The van der Waals surface area contributed by atoms with E-state index in [-0.39, 0.29) is 0 Å². The molecule has 0 N–H and O–H groups in total. The predicted octanol–water partition coefficient (Wildman–Crippen LogP) is 3.08. The fourth-order valence-corrected chi connectivity index (χ4v) is 1.47. The molecule has 0 aliphatic rings. The van der Waals surface area contributed by atoms with Gasteiger partial charge in [0.25, 0.3) is 0 Å². The van der Waals surface area contributed by atoms with Crippen LogP contribution in [0, 0.1) is 6.92 Å². The molecule has 0 aliphatic heterocycles. The third-order valence-corrected chi connectivity index (χ3v) is 2.93. The van der Waals surface area contributed by atoms with Gasteiger partial charge >= 0.3 is 0 Å². The number of hydrogen-bond acceptors (Lipinski definition) is 3. The number of aryl methyl sites for hydroxylation is 1. The molecule has 0 radical (unpaired) electrons. The minimum atomic E-state index is 0.578. The van der Waals surface area contributed by atoms with E-state index in [1.165, 1.54) is 5.56 Å². The topological polar surface area (TPSA) is 18.5 Å². The quantitative estimate of drug-likeness (QED) is 0.641. The van der Waals surface area contributed by atoms with Gasteiger partial charge in [-0.15, -0.1) is 0 Å². The zero-order valence-electron chi connectivity index (χ0n) is 8.70. The van der Waals surface area contributed by atoms with Crippen molar-refractivity contribution in [3.8, 4) is 5.75 Å². The van der Waals surface area contributed by atoms with Crippen LogP contribution in [0.4, 0.5) is 0 Å². The summed E-state index contributed by atoms with van der Waals surface area (Å²) in [5.41, 5.74) is 1.17. The second kappa shape index (κ2) is 7.14. The van der Waals surface area contributed by atoms with Gasteiger partial charge in [0.1, 0.15) is 12.4 Å². The third kappa shape index (κ3) is 4.91. The minimum Gasteiger partial charge on any atom is -0.491 e. The predicted molar refractivity (Wildman–Crippen MR) is 69.0 cm³/mol. The molecule has 0 unspecified atom stereocenters. The summed E-state index contributed by atoms with van der Waals surface area (Å²) in [5, 5.41) is 0. The maximum absolute atomic E-state index is 5.52. The largest absolute Gasteiger partial charge is 0.491 e. The molecule has 0 saturated carbocycles. The molecule has 2 nitrogen and oxygen atoms in total. The lowest BCUT2D eigenvalue weighted by Gasteiger charge is -2.07. The second-order valence-electron chi connectivity index (χ2n) is 3.10. The number of rotatable bonds is 6. The molecule has 1 aromatic carbocycles. The first-order valence-corrected chi connectivity index (χ1v) is 6.24. The Bertz CT molecular complexity index is 305. The Morgan fingerprint density at radius 2 is 2.07 bits per heavy atom. The molecule has 0 bridgehead atoms. The molecule has 1 rings (SSSR count). The molecule has 1 aromatic rings. The number of thiol groups is 1. The summed E-state index contributed by atoms with van der Waals surface area (Å²) in [5.74, 6) is 1.63. The lowest BCUT2D eigenvalue weighted by molar-refractivity contribution is 0.112. The van der Waals surface area contributed by atoms with E-state index >= 15 is 0 Å². The zero-order chi connectivity index (χ0) is 11.1. The van der Waals surface area contributed by atoms with Crippen LogP contribution in [-0.2, 0) is 4.74 Å². The number of ether oxygens (including phenoxy) is 2. The van der Waals surface area contributed by atoms with Crippen molar-refractivity contribution in [2.45, 2.75) is 6.92 Å². The van der Waals surface area contributed by atoms with E-state index in [9.17, 15) is 0 Å². The van der Waals surface area contributed by atoms with Gasteiger partial charge in [-0.1, -0.05) is 15.9 Å². The van der Waals surface area contributed by atoms with Crippen LogP contribution in [0.15, 0.2) is 22.7 Å². The van der Waals surface area contributed by atoms with E-state index in [0.717, 1.165) is 16.0 Å². The molecule has 0 amide bonds. The molecule has 0 saturated heterocycles. The molecular weight excluding hydrogens is 276 g/mol. The number of benzene rings is 1. The molecule has 0 spiro atoms. The van der Waals surface area contributed by atoms with Crippen molar-refractivity contribution in [1.82, 2.24) is 0 Å². The highest BCUT2D eigenvalue weighted by atomic mass is 79.9. The average molecular weight is 291 g/mol. The summed E-state index contributed by atoms with van der Waals surface area (Å²) in [4.78, 5) is 0. The van der Waals surface area contributed by atoms with E-state index in [1.807, 2.05) is 25.1 Å². The normalized spacial score (nSPS) is 10.3. The van der Waals surface area contributed by atoms with E-state index in [2.05, 4.69) is 28.6 Å². The summed E-state index contributed by atoms with van der Waals surface area (Å²) >= 11 is 7.49. The highest BCUT2D eigenvalue weighted by molar-refractivity contribution is 9.10. The Kier molecular flexibility index (Phi) is 6.13. The summed E-state index contributed by atoms with van der Waals surface area (Å²) in [6.07, 6.45) is 0.